The Kier molecular flexibility index (Phi) is 4.35. The highest BCUT2D eigenvalue weighted by Crippen LogP contribution is 2.22. The van der Waals surface area contributed by atoms with Crippen LogP contribution in [0.25, 0.3) is 0 Å². The van der Waals surface area contributed by atoms with Gasteiger partial charge in [0.2, 0.25) is 9.84 Å². The van der Waals surface area contributed by atoms with Crippen molar-refractivity contribution in [3.05, 3.63) is 59.7 Å². The van der Waals surface area contributed by atoms with Gasteiger partial charge in [-0.25, -0.2) is 8.42 Å². The normalized spacial score (nSPS) is 11.2. The molecular formula is C16H16O3S. The summed E-state index contributed by atoms with van der Waals surface area (Å²) in [6.45, 7) is 1.86. The molecule has 0 aromatic heterocycles. The third-order valence-electron chi connectivity index (χ3n) is 3.08. The van der Waals surface area contributed by atoms with E-state index in [9.17, 15) is 13.2 Å². The van der Waals surface area contributed by atoms with Crippen LogP contribution in [0.5, 0.6) is 0 Å². The van der Waals surface area contributed by atoms with E-state index in [2.05, 4.69) is 0 Å². The van der Waals surface area contributed by atoms with Crippen molar-refractivity contribution in [3.63, 3.8) is 0 Å². The van der Waals surface area contributed by atoms with Gasteiger partial charge in [-0.05, 0) is 48.7 Å². The molecule has 0 saturated carbocycles. The smallest absolute Gasteiger partial charge is 0.206 e. The van der Waals surface area contributed by atoms with Gasteiger partial charge in [0.05, 0.1) is 9.79 Å². The summed E-state index contributed by atoms with van der Waals surface area (Å²) in [5.74, 6) is 0. The van der Waals surface area contributed by atoms with Crippen molar-refractivity contribution >= 4 is 16.1 Å². The quantitative estimate of drug-likeness (QED) is 0.795. The maximum absolute atomic E-state index is 12.5. The van der Waals surface area contributed by atoms with Gasteiger partial charge in [0.1, 0.15) is 6.29 Å². The molecule has 3 nitrogen and oxygen atoms in total. The van der Waals surface area contributed by atoms with Crippen LogP contribution < -0.4 is 0 Å². The minimum absolute atomic E-state index is 0.276. The molecule has 0 atom stereocenters. The fourth-order valence-corrected chi connectivity index (χ4v) is 3.34. The molecule has 0 unspecified atom stereocenters. The van der Waals surface area contributed by atoms with E-state index in [0.717, 1.165) is 17.4 Å². The zero-order valence-electron chi connectivity index (χ0n) is 11.2. The Morgan fingerprint density at radius 2 is 1.70 bits per heavy atom. The highest BCUT2D eigenvalue weighted by Gasteiger charge is 2.17. The maximum Gasteiger partial charge on any atom is 0.206 e. The maximum atomic E-state index is 12.5. The lowest BCUT2D eigenvalue weighted by atomic mass is 10.1. The second-order valence-electron chi connectivity index (χ2n) is 4.67. The van der Waals surface area contributed by atoms with Gasteiger partial charge in [-0.3, -0.25) is 0 Å². The number of hydrogen-bond acceptors (Lipinski definition) is 3. The van der Waals surface area contributed by atoms with E-state index < -0.39 is 9.84 Å². The first kappa shape index (κ1) is 14.5. The lowest BCUT2D eigenvalue weighted by Crippen LogP contribution is -2.02. The predicted molar refractivity (Wildman–Crippen MR) is 77.5 cm³/mol. The molecule has 0 amide bonds. The van der Waals surface area contributed by atoms with E-state index in [1.165, 1.54) is 0 Å². The van der Waals surface area contributed by atoms with Crippen LogP contribution in [0.15, 0.2) is 58.3 Å². The fourth-order valence-electron chi connectivity index (χ4n) is 1.98. The number of carbonyl (C=O) groups excluding carboxylic acids is 1. The zero-order valence-corrected chi connectivity index (χ0v) is 12.1. The number of sulfone groups is 1. The van der Waals surface area contributed by atoms with Crippen molar-refractivity contribution in [2.24, 2.45) is 0 Å². The minimum atomic E-state index is -3.47. The lowest BCUT2D eigenvalue weighted by Gasteiger charge is -2.06. The summed E-state index contributed by atoms with van der Waals surface area (Å²) in [5, 5.41) is 0. The van der Waals surface area contributed by atoms with E-state index in [0.29, 0.717) is 17.7 Å². The van der Waals surface area contributed by atoms with Crippen LogP contribution in [-0.2, 0) is 21.1 Å². The first-order valence-electron chi connectivity index (χ1n) is 6.38. The van der Waals surface area contributed by atoms with E-state index in [1.54, 1.807) is 42.5 Å². The Labute approximate surface area is 119 Å². The summed E-state index contributed by atoms with van der Waals surface area (Å²) in [5.41, 5.74) is 1.87. The van der Waals surface area contributed by atoms with Crippen molar-refractivity contribution in [3.8, 4) is 0 Å². The minimum Gasteiger partial charge on any atom is -0.303 e. The molecular weight excluding hydrogens is 272 g/mol. The molecule has 0 aliphatic carbocycles. The van der Waals surface area contributed by atoms with Gasteiger partial charge in [-0.15, -0.1) is 0 Å². The van der Waals surface area contributed by atoms with Crippen molar-refractivity contribution < 1.29 is 13.2 Å². The molecule has 20 heavy (non-hydrogen) atoms. The molecule has 2 aromatic rings. The third-order valence-corrected chi connectivity index (χ3v) is 4.85. The molecule has 0 saturated heterocycles. The van der Waals surface area contributed by atoms with Crippen LogP contribution in [-0.4, -0.2) is 14.7 Å². The summed E-state index contributed by atoms with van der Waals surface area (Å²) < 4.78 is 24.9. The summed E-state index contributed by atoms with van der Waals surface area (Å²) in [4.78, 5) is 10.9. The van der Waals surface area contributed by atoms with E-state index in [1.807, 2.05) is 13.0 Å². The zero-order chi connectivity index (χ0) is 14.6. The van der Waals surface area contributed by atoms with Crippen LogP contribution in [0.1, 0.15) is 17.5 Å². The lowest BCUT2D eigenvalue weighted by molar-refractivity contribution is -0.107. The van der Waals surface area contributed by atoms with Crippen LogP contribution in [0.3, 0.4) is 0 Å². The number of rotatable bonds is 5. The third kappa shape index (κ3) is 3.14. The van der Waals surface area contributed by atoms with Gasteiger partial charge in [-0.1, -0.05) is 24.3 Å². The summed E-state index contributed by atoms with van der Waals surface area (Å²) in [6.07, 6.45) is 1.94. The second kappa shape index (κ2) is 6.01. The summed E-state index contributed by atoms with van der Waals surface area (Å²) in [7, 11) is -3.47. The predicted octanol–water partition coefficient (Wildman–Crippen LogP) is 2.96. The topological polar surface area (TPSA) is 51.2 Å². The highest BCUT2D eigenvalue weighted by atomic mass is 32.2. The Morgan fingerprint density at radius 3 is 2.30 bits per heavy atom. The van der Waals surface area contributed by atoms with Crippen molar-refractivity contribution in [2.75, 3.05) is 0 Å². The average Bonchev–Trinajstić information content (AvgIpc) is 2.45. The van der Waals surface area contributed by atoms with Crippen molar-refractivity contribution in [2.45, 2.75) is 29.6 Å². The number of carbonyl (C=O) groups is 1. The Hall–Kier alpha value is -1.94. The Morgan fingerprint density at radius 1 is 1.00 bits per heavy atom. The van der Waals surface area contributed by atoms with E-state index in [4.69, 9.17) is 0 Å². The molecule has 0 aliphatic rings. The van der Waals surface area contributed by atoms with Crippen LogP contribution in [0.4, 0.5) is 0 Å². The largest absolute Gasteiger partial charge is 0.303 e. The molecule has 0 fully saturated rings. The van der Waals surface area contributed by atoms with Crippen LogP contribution in [0, 0.1) is 6.92 Å². The standard InChI is InChI=1S/C16H16O3S/c1-13-4-2-6-16(12-13)20(18,19)15-9-7-14(8-10-15)5-3-11-17/h2,4,6-12H,3,5H2,1H3. The monoisotopic (exact) mass is 288 g/mol. The Bertz CT molecular complexity index is 701. The summed E-state index contributed by atoms with van der Waals surface area (Å²) in [6, 6.07) is 13.6. The van der Waals surface area contributed by atoms with Crippen molar-refractivity contribution in [1.82, 2.24) is 0 Å². The molecule has 0 heterocycles. The van der Waals surface area contributed by atoms with E-state index >= 15 is 0 Å². The first-order chi connectivity index (χ1) is 9.54. The molecule has 0 bridgehead atoms. The van der Waals surface area contributed by atoms with Crippen LogP contribution in [0.2, 0.25) is 0 Å². The number of hydrogen-bond donors (Lipinski definition) is 0. The fraction of sp³-hybridized carbons (Fsp3) is 0.188. The SMILES string of the molecule is Cc1cccc(S(=O)(=O)c2ccc(CCC=O)cc2)c1. The average molecular weight is 288 g/mol. The highest BCUT2D eigenvalue weighted by molar-refractivity contribution is 7.91. The molecule has 0 aliphatic heterocycles. The van der Waals surface area contributed by atoms with Crippen LogP contribution >= 0.6 is 0 Å². The second-order valence-corrected chi connectivity index (χ2v) is 6.62. The summed E-state index contributed by atoms with van der Waals surface area (Å²) >= 11 is 0. The molecule has 2 aromatic carbocycles. The molecule has 0 N–H and O–H groups in total. The van der Waals surface area contributed by atoms with Gasteiger partial charge in [0, 0.05) is 6.42 Å². The van der Waals surface area contributed by atoms with Gasteiger partial charge in [0.25, 0.3) is 0 Å². The van der Waals surface area contributed by atoms with Gasteiger partial charge >= 0.3 is 0 Å². The van der Waals surface area contributed by atoms with E-state index in [-0.39, 0.29) is 4.90 Å². The number of aryl methyl sites for hydroxylation is 2. The van der Waals surface area contributed by atoms with Gasteiger partial charge in [0.15, 0.2) is 0 Å². The molecule has 2 rings (SSSR count). The van der Waals surface area contributed by atoms with Gasteiger partial charge in [-0.2, -0.15) is 0 Å². The van der Waals surface area contributed by atoms with Crippen molar-refractivity contribution in [1.29, 1.82) is 0 Å². The molecule has 4 heteroatoms. The number of benzene rings is 2. The van der Waals surface area contributed by atoms with Gasteiger partial charge < -0.3 is 4.79 Å². The molecule has 0 radical (unpaired) electrons. The molecule has 104 valence electrons. The Balaban J connectivity index is 2.32. The first-order valence-corrected chi connectivity index (χ1v) is 7.86. The molecule has 0 spiro atoms. The number of aldehydes is 1.